The maximum atomic E-state index is 13.8. The predicted molar refractivity (Wildman–Crippen MR) is 118 cm³/mol. The third-order valence-electron chi connectivity index (χ3n) is 5.55. The largest absolute Gasteiger partial charge is 0.393 e. The van der Waals surface area contributed by atoms with Crippen molar-refractivity contribution >= 4 is 28.6 Å². The number of aliphatic hydroxyl groups excluding tert-OH is 1. The Morgan fingerprint density at radius 2 is 1.77 bits per heavy atom. The Morgan fingerprint density at radius 1 is 0.968 bits per heavy atom. The maximum Gasteiger partial charge on any atom is 0.227 e. The summed E-state index contributed by atoms with van der Waals surface area (Å²) >= 11 is 0. The molecule has 0 atom stereocenters. The van der Waals surface area contributed by atoms with Crippen LogP contribution in [0.1, 0.15) is 25.7 Å². The van der Waals surface area contributed by atoms with E-state index in [-0.39, 0.29) is 18.0 Å². The van der Waals surface area contributed by atoms with Crippen molar-refractivity contribution in [1.82, 2.24) is 19.5 Å². The van der Waals surface area contributed by atoms with Crippen molar-refractivity contribution in [3.63, 3.8) is 0 Å². The van der Waals surface area contributed by atoms with Crippen molar-refractivity contribution in [3.05, 3.63) is 66.7 Å². The minimum atomic E-state index is -0.324. The molecule has 3 N–H and O–H groups in total. The van der Waals surface area contributed by atoms with Gasteiger partial charge in [0.05, 0.1) is 11.8 Å². The summed E-state index contributed by atoms with van der Waals surface area (Å²) in [7, 11) is 0. The molecule has 1 aliphatic carbocycles. The number of aromatic nitrogens is 4. The van der Waals surface area contributed by atoms with Gasteiger partial charge in [0.2, 0.25) is 5.95 Å². The number of halogens is 1. The molecule has 2 heterocycles. The molecule has 0 spiro atoms. The van der Waals surface area contributed by atoms with Gasteiger partial charge in [-0.3, -0.25) is 4.57 Å². The molecule has 1 fully saturated rings. The van der Waals surface area contributed by atoms with E-state index in [0.29, 0.717) is 28.6 Å². The highest BCUT2D eigenvalue weighted by molar-refractivity contribution is 5.87. The van der Waals surface area contributed by atoms with Crippen molar-refractivity contribution in [3.8, 4) is 5.69 Å². The van der Waals surface area contributed by atoms with E-state index in [4.69, 9.17) is 4.98 Å². The van der Waals surface area contributed by atoms with Gasteiger partial charge in [0.25, 0.3) is 0 Å². The summed E-state index contributed by atoms with van der Waals surface area (Å²) in [5, 5.41) is 16.5. The molecule has 0 aliphatic heterocycles. The highest BCUT2D eigenvalue weighted by atomic mass is 19.1. The average molecular weight is 418 g/mol. The number of anilines is 3. The molecule has 31 heavy (non-hydrogen) atoms. The van der Waals surface area contributed by atoms with Gasteiger partial charge in [0.1, 0.15) is 12.1 Å². The van der Waals surface area contributed by atoms with E-state index in [1.165, 1.54) is 12.1 Å². The van der Waals surface area contributed by atoms with Gasteiger partial charge in [0.15, 0.2) is 17.0 Å². The number of nitrogens with one attached hydrogen (secondary N) is 2. The van der Waals surface area contributed by atoms with Gasteiger partial charge in [-0.05, 0) is 56.0 Å². The van der Waals surface area contributed by atoms with Gasteiger partial charge < -0.3 is 15.7 Å². The molecule has 2 aromatic heterocycles. The summed E-state index contributed by atoms with van der Waals surface area (Å²) < 4.78 is 15.6. The predicted octanol–water partition coefficient (Wildman–Crippen LogP) is 4.41. The van der Waals surface area contributed by atoms with Crippen LogP contribution >= 0.6 is 0 Å². The van der Waals surface area contributed by atoms with Crippen LogP contribution < -0.4 is 10.6 Å². The Bertz CT molecular complexity index is 1190. The molecule has 0 unspecified atom stereocenters. The fraction of sp³-hybridized carbons (Fsp3) is 0.261. The zero-order valence-electron chi connectivity index (χ0n) is 16.9. The third kappa shape index (κ3) is 4.20. The standard InChI is InChI=1S/C23H23FN6O/c24-15-5-4-8-18(13-15)30-14-25-20-21(26-16-6-2-1-3-7-16)28-23(29-22(20)30)27-17-9-11-19(31)12-10-17/h1-8,13-14,17,19,31H,9-12H2,(H2,26,27,28,29). The van der Waals surface area contributed by atoms with E-state index in [9.17, 15) is 9.50 Å². The summed E-state index contributed by atoms with van der Waals surface area (Å²) in [6.07, 6.45) is 4.63. The van der Waals surface area contributed by atoms with E-state index in [1.54, 1.807) is 17.0 Å². The topological polar surface area (TPSA) is 87.9 Å². The second-order valence-electron chi connectivity index (χ2n) is 7.80. The molecular formula is C23H23FN6O. The summed E-state index contributed by atoms with van der Waals surface area (Å²) in [5.74, 6) is 0.727. The zero-order valence-corrected chi connectivity index (χ0v) is 16.9. The Balaban J connectivity index is 1.56. The molecule has 1 saturated carbocycles. The SMILES string of the molecule is OC1CCC(Nc2nc(Nc3ccccc3)c3ncn(-c4cccc(F)c4)c3n2)CC1. The fourth-order valence-corrected chi connectivity index (χ4v) is 3.93. The number of para-hydroxylation sites is 1. The lowest BCUT2D eigenvalue weighted by Gasteiger charge is -2.26. The van der Waals surface area contributed by atoms with Gasteiger partial charge in [-0.1, -0.05) is 24.3 Å². The minimum Gasteiger partial charge on any atom is -0.393 e. The average Bonchev–Trinajstić information content (AvgIpc) is 3.20. The van der Waals surface area contributed by atoms with Gasteiger partial charge >= 0.3 is 0 Å². The first-order valence-electron chi connectivity index (χ1n) is 10.4. The lowest BCUT2D eigenvalue weighted by atomic mass is 9.93. The highest BCUT2D eigenvalue weighted by Crippen LogP contribution is 2.28. The molecule has 158 valence electrons. The molecule has 0 radical (unpaired) electrons. The van der Waals surface area contributed by atoms with Crippen LogP contribution in [-0.2, 0) is 0 Å². The number of fused-ring (bicyclic) bond motifs is 1. The van der Waals surface area contributed by atoms with Crippen LogP contribution in [0.2, 0.25) is 0 Å². The molecular weight excluding hydrogens is 395 g/mol. The number of hydrogen-bond acceptors (Lipinski definition) is 6. The van der Waals surface area contributed by atoms with Crippen LogP contribution in [0.15, 0.2) is 60.9 Å². The molecule has 0 bridgehead atoms. The molecule has 0 amide bonds. The third-order valence-corrected chi connectivity index (χ3v) is 5.55. The van der Waals surface area contributed by atoms with Gasteiger partial charge in [-0.25, -0.2) is 9.37 Å². The van der Waals surface area contributed by atoms with Crippen molar-refractivity contribution in [2.75, 3.05) is 10.6 Å². The second-order valence-corrected chi connectivity index (χ2v) is 7.80. The molecule has 7 nitrogen and oxygen atoms in total. The summed E-state index contributed by atoms with van der Waals surface area (Å²) in [6.45, 7) is 0. The Labute approximate surface area is 179 Å². The number of aliphatic hydroxyl groups is 1. The van der Waals surface area contributed by atoms with Gasteiger partial charge in [-0.2, -0.15) is 9.97 Å². The Morgan fingerprint density at radius 3 is 2.55 bits per heavy atom. The number of rotatable bonds is 5. The maximum absolute atomic E-state index is 13.8. The van der Waals surface area contributed by atoms with Gasteiger partial charge in [0, 0.05) is 11.7 Å². The molecule has 2 aromatic carbocycles. The zero-order chi connectivity index (χ0) is 21.2. The Hall–Kier alpha value is -3.52. The van der Waals surface area contributed by atoms with Crippen molar-refractivity contribution in [2.45, 2.75) is 37.8 Å². The number of benzene rings is 2. The first-order chi connectivity index (χ1) is 15.2. The molecule has 8 heteroatoms. The summed E-state index contributed by atoms with van der Waals surface area (Å²) in [6, 6.07) is 16.3. The lowest BCUT2D eigenvalue weighted by molar-refractivity contribution is 0.126. The van der Waals surface area contributed by atoms with Crippen LogP contribution in [-0.4, -0.2) is 36.8 Å². The van der Waals surface area contributed by atoms with Crippen molar-refractivity contribution in [2.24, 2.45) is 0 Å². The first kappa shape index (κ1) is 19.4. The van der Waals surface area contributed by atoms with E-state index in [2.05, 4.69) is 20.6 Å². The minimum absolute atomic E-state index is 0.191. The van der Waals surface area contributed by atoms with E-state index < -0.39 is 0 Å². The quantitative estimate of drug-likeness (QED) is 0.445. The van der Waals surface area contributed by atoms with Crippen LogP contribution in [0.3, 0.4) is 0 Å². The molecule has 4 aromatic rings. The second kappa shape index (κ2) is 8.31. The van der Waals surface area contributed by atoms with Crippen LogP contribution in [0.25, 0.3) is 16.9 Å². The molecule has 5 rings (SSSR count). The van der Waals surface area contributed by atoms with E-state index in [1.807, 2.05) is 36.4 Å². The number of imidazole rings is 1. The number of nitrogens with zero attached hydrogens (tertiary/aromatic N) is 4. The van der Waals surface area contributed by atoms with Crippen molar-refractivity contribution < 1.29 is 9.50 Å². The Kier molecular flexibility index (Phi) is 5.21. The summed E-state index contributed by atoms with van der Waals surface area (Å²) in [4.78, 5) is 13.9. The van der Waals surface area contributed by atoms with E-state index >= 15 is 0 Å². The molecule has 0 saturated heterocycles. The highest BCUT2D eigenvalue weighted by Gasteiger charge is 2.21. The smallest absolute Gasteiger partial charge is 0.227 e. The van der Waals surface area contributed by atoms with Crippen molar-refractivity contribution in [1.29, 1.82) is 0 Å². The molecule has 1 aliphatic rings. The van der Waals surface area contributed by atoms with Crippen LogP contribution in [0, 0.1) is 5.82 Å². The van der Waals surface area contributed by atoms with Crippen LogP contribution in [0.5, 0.6) is 0 Å². The lowest BCUT2D eigenvalue weighted by Crippen LogP contribution is -2.29. The van der Waals surface area contributed by atoms with E-state index in [0.717, 1.165) is 31.4 Å². The fourth-order valence-electron chi connectivity index (χ4n) is 3.93. The van der Waals surface area contributed by atoms with Gasteiger partial charge in [-0.15, -0.1) is 0 Å². The van der Waals surface area contributed by atoms with Crippen LogP contribution in [0.4, 0.5) is 21.8 Å². The normalized spacial score (nSPS) is 18.8. The summed E-state index contributed by atoms with van der Waals surface area (Å²) in [5.41, 5.74) is 2.70. The monoisotopic (exact) mass is 418 g/mol. The number of hydrogen-bond donors (Lipinski definition) is 3. The first-order valence-corrected chi connectivity index (χ1v) is 10.4.